The Morgan fingerprint density at radius 1 is 1.12 bits per heavy atom. The lowest BCUT2D eigenvalue weighted by atomic mass is 10.1. The molecule has 0 aliphatic heterocycles. The number of hydrogen-bond donors (Lipinski definition) is 2. The van der Waals surface area contributed by atoms with Crippen LogP contribution >= 0.6 is 11.3 Å². The number of fused-ring (bicyclic) bond motifs is 1. The maximum absolute atomic E-state index is 14.0. The molecule has 214 valence electrons. The quantitative estimate of drug-likeness (QED) is 0.184. The lowest BCUT2D eigenvalue weighted by molar-refractivity contribution is 0.0959. The third kappa shape index (κ3) is 6.08. The number of ketones is 1. The number of pyridine rings is 1. The number of nitrogens with zero attached hydrogens (tertiary/aromatic N) is 1. The van der Waals surface area contributed by atoms with Crippen molar-refractivity contribution >= 4 is 49.0 Å². The highest BCUT2D eigenvalue weighted by molar-refractivity contribution is 7.92. The second kappa shape index (κ2) is 11.7. The highest BCUT2D eigenvalue weighted by atomic mass is 32.2. The molecule has 2 aromatic carbocycles. The summed E-state index contributed by atoms with van der Waals surface area (Å²) in [5.74, 6) is -1.03. The minimum absolute atomic E-state index is 0.138. The van der Waals surface area contributed by atoms with Crippen molar-refractivity contribution in [2.24, 2.45) is 0 Å². The van der Waals surface area contributed by atoms with E-state index < -0.39 is 33.0 Å². The summed E-state index contributed by atoms with van der Waals surface area (Å²) >= 11 is 0.931. The Kier molecular flexibility index (Phi) is 8.45. The number of thiophene rings is 1. The molecular formula is C29H28FN3O6S2. The number of allylic oxidation sites excluding steroid dienone is 1. The van der Waals surface area contributed by atoms with Crippen LogP contribution in [0.3, 0.4) is 0 Å². The Hall–Kier alpha value is -4.29. The molecular weight excluding hydrogens is 569 g/mol. The number of ether oxygens (including phenoxy) is 1. The van der Waals surface area contributed by atoms with Crippen LogP contribution in [-0.2, 0) is 10.0 Å². The van der Waals surface area contributed by atoms with Gasteiger partial charge in [0.1, 0.15) is 16.3 Å². The number of carbonyl (C=O) groups is 2. The predicted octanol–water partition coefficient (Wildman–Crippen LogP) is 5.48. The molecule has 0 atom stereocenters. The summed E-state index contributed by atoms with van der Waals surface area (Å²) in [7, 11) is -3.66. The average molecular weight is 598 g/mol. The summed E-state index contributed by atoms with van der Waals surface area (Å²) in [6.07, 6.45) is 2.33. The average Bonchev–Trinajstić information content (AvgIpc) is 3.37. The van der Waals surface area contributed by atoms with E-state index in [0.29, 0.717) is 28.9 Å². The van der Waals surface area contributed by atoms with Gasteiger partial charge in [0, 0.05) is 12.7 Å². The van der Waals surface area contributed by atoms with Gasteiger partial charge in [-0.25, -0.2) is 12.8 Å². The van der Waals surface area contributed by atoms with E-state index in [1.807, 2.05) is 0 Å². The van der Waals surface area contributed by atoms with Crippen molar-refractivity contribution in [3.63, 3.8) is 0 Å². The Balaban J connectivity index is 2.06. The standard InChI is InChI=1S/C29H28FN3O6S2/c1-6-23(34)20-15-33(22-14-25(29(36)31-7-2)40-28(22)26(20)35)21-13-19(32-41(37,38)8-3)9-10-24(21)39-27-16(4)11-18(30)12-17(27)5/h6,9-15,32H,1,7-8H2,2-5H3,(H,31,36). The van der Waals surface area contributed by atoms with Crippen molar-refractivity contribution in [1.82, 2.24) is 9.88 Å². The van der Waals surface area contributed by atoms with Gasteiger partial charge in [0.15, 0.2) is 11.5 Å². The van der Waals surface area contributed by atoms with Gasteiger partial charge in [-0.15, -0.1) is 11.3 Å². The maximum atomic E-state index is 14.0. The summed E-state index contributed by atoms with van der Waals surface area (Å²) in [4.78, 5) is 39.0. The maximum Gasteiger partial charge on any atom is 0.261 e. The van der Waals surface area contributed by atoms with E-state index in [0.717, 1.165) is 17.4 Å². The van der Waals surface area contributed by atoms with E-state index in [1.165, 1.54) is 54.1 Å². The molecule has 12 heteroatoms. The molecule has 4 rings (SSSR count). The number of hydrogen-bond acceptors (Lipinski definition) is 7. The third-order valence-corrected chi connectivity index (χ3v) is 8.63. The van der Waals surface area contributed by atoms with Crippen LogP contribution in [0.25, 0.3) is 15.9 Å². The zero-order valence-corrected chi connectivity index (χ0v) is 24.5. The number of nitrogens with one attached hydrogen (secondary N) is 2. The van der Waals surface area contributed by atoms with Crippen molar-refractivity contribution in [2.75, 3.05) is 17.0 Å². The smallest absolute Gasteiger partial charge is 0.261 e. The van der Waals surface area contributed by atoms with E-state index in [4.69, 9.17) is 4.74 Å². The van der Waals surface area contributed by atoms with E-state index in [9.17, 15) is 27.2 Å². The molecule has 1 amide bonds. The lowest BCUT2D eigenvalue weighted by Crippen LogP contribution is -2.21. The van der Waals surface area contributed by atoms with Gasteiger partial charge in [0.25, 0.3) is 5.91 Å². The Bertz CT molecular complexity index is 1850. The van der Waals surface area contributed by atoms with Gasteiger partial charge in [-0.05, 0) is 81.3 Å². The van der Waals surface area contributed by atoms with Gasteiger partial charge in [-0.1, -0.05) is 6.58 Å². The van der Waals surface area contributed by atoms with Crippen LogP contribution in [0.15, 0.2) is 60.0 Å². The monoisotopic (exact) mass is 597 g/mol. The summed E-state index contributed by atoms with van der Waals surface area (Å²) in [6, 6.07) is 8.69. The van der Waals surface area contributed by atoms with Crippen LogP contribution in [0, 0.1) is 19.7 Å². The summed E-state index contributed by atoms with van der Waals surface area (Å²) in [5.41, 5.74) is 1.03. The fourth-order valence-corrected chi connectivity index (χ4v) is 5.87. The van der Waals surface area contributed by atoms with Crippen LogP contribution in [-0.4, -0.2) is 37.0 Å². The highest BCUT2D eigenvalue weighted by Crippen LogP contribution is 2.37. The Morgan fingerprint density at radius 2 is 1.80 bits per heavy atom. The molecule has 0 saturated heterocycles. The van der Waals surface area contributed by atoms with Crippen LogP contribution in [0.4, 0.5) is 10.1 Å². The Labute approximate surface area is 240 Å². The number of amides is 1. The highest BCUT2D eigenvalue weighted by Gasteiger charge is 2.22. The predicted molar refractivity (Wildman–Crippen MR) is 159 cm³/mol. The van der Waals surface area contributed by atoms with Crippen molar-refractivity contribution in [1.29, 1.82) is 0 Å². The van der Waals surface area contributed by atoms with E-state index >= 15 is 0 Å². The number of benzene rings is 2. The van der Waals surface area contributed by atoms with Gasteiger partial charge in [-0.3, -0.25) is 19.1 Å². The molecule has 0 fully saturated rings. The molecule has 0 spiro atoms. The molecule has 4 aromatic rings. The second-order valence-electron chi connectivity index (χ2n) is 9.15. The van der Waals surface area contributed by atoms with Crippen LogP contribution in [0.2, 0.25) is 0 Å². The molecule has 2 N–H and O–H groups in total. The number of aromatic nitrogens is 1. The first-order valence-electron chi connectivity index (χ1n) is 12.6. The van der Waals surface area contributed by atoms with Crippen LogP contribution in [0.1, 0.15) is 45.0 Å². The minimum atomic E-state index is -3.66. The van der Waals surface area contributed by atoms with E-state index in [1.54, 1.807) is 20.8 Å². The number of aryl methyl sites for hydroxylation is 2. The lowest BCUT2D eigenvalue weighted by Gasteiger charge is -2.19. The summed E-state index contributed by atoms with van der Waals surface area (Å²) < 4.78 is 49.1. The third-order valence-electron chi connectivity index (χ3n) is 6.20. The fraction of sp³-hybridized carbons (Fsp3) is 0.207. The first-order chi connectivity index (χ1) is 19.4. The van der Waals surface area contributed by atoms with Gasteiger partial charge in [0.2, 0.25) is 15.5 Å². The molecule has 0 radical (unpaired) electrons. The SMILES string of the molecule is C=CC(=O)c1cn(-c2cc(NS(=O)(=O)CC)ccc2Oc2c(C)cc(F)cc2C)c2cc(C(=O)NCC)sc2c1=O. The molecule has 41 heavy (non-hydrogen) atoms. The number of rotatable bonds is 10. The first-order valence-corrected chi connectivity index (χ1v) is 15.1. The van der Waals surface area contributed by atoms with Gasteiger partial charge in [-0.2, -0.15) is 0 Å². The van der Waals surface area contributed by atoms with Crippen molar-refractivity contribution in [2.45, 2.75) is 27.7 Å². The molecule has 9 nitrogen and oxygen atoms in total. The zero-order valence-electron chi connectivity index (χ0n) is 22.8. The number of sulfonamides is 1. The van der Waals surface area contributed by atoms with E-state index in [-0.39, 0.29) is 38.0 Å². The van der Waals surface area contributed by atoms with Crippen molar-refractivity contribution in [3.8, 4) is 17.2 Å². The van der Waals surface area contributed by atoms with Gasteiger partial charge < -0.3 is 14.6 Å². The zero-order chi connectivity index (χ0) is 30.1. The topological polar surface area (TPSA) is 124 Å². The molecule has 0 bridgehead atoms. The van der Waals surface area contributed by atoms with Crippen LogP contribution < -0.4 is 20.2 Å². The van der Waals surface area contributed by atoms with E-state index in [2.05, 4.69) is 16.6 Å². The molecule has 2 heterocycles. The number of anilines is 1. The summed E-state index contributed by atoms with van der Waals surface area (Å²) in [5, 5.41) is 2.70. The van der Waals surface area contributed by atoms with Crippen LogP contribution in [0.5, 0.6) is 11.5 Å². The first kappa shape index (κ1) is 29.7. The van der Waals surface area contributed by atoms with Crippen molar-refractivity contribution < 1.29 is 27.1 Å². The molecule has 2 aromatic heterocycles. The minimum Gasteiger partial charge on any atom is -0.455 e. The molecule has 0 aliphatic carbocycles. The fourth-order valence-electron chi connectivity index (χ4n) is 4.22. The van der Waals surface area contributed by atoms with Gasteiger partial charge >= 0.3 is 0 Å². The second-order valence-corrected chi connectivity index (χ2v) is 12.2. The Morgan fingerprint density at radius 3 is 2.41 bits per heavy atom. The number of halogens is 1. The summed E-state index contributed by atoms with van der Waals surface area (Å²) in [6.45, 7) is 10.5. The molecule has 0 unspecified atom stereocenters. The normalized spacial score (nSPS) is 11.3. The largest absolute Gasteiger partial charge is 0.455 e. The van der Waals surface area contributed by atoms with Crippen molar-refractivity contribution in [3.05, 3.63) is 92.9 Å². The molecule has 0 saturated carbocycles. The molecule has 0 aliphatic rings. The van der Waals surface area contributed by atoms with Gasteiger partial charge in [0.05, 0.1) is 33.1 Å². The number of carbonyl (C=O) groups excluding carboxylic acids is 2.